The van der Waals surface area contributed by atoms with Gasteiger partial charge in [0.1, 0.15) is 24.4 Å². The fraction of sp³-hybridized carbons (Fsp3) is 1.00. The molecule has 22 heavy (non-hydrogen) atoms. The fourth-order valence-electron chi connectivity index (χ4n) is 3.30. The van der Waals surface area contributed by atoms with Gasteiger partial charge in [0.15, 0.2) is 12.6 Å². The largest absolute Gasteiger partial charge is 0.376 e. The van der Waals surface area contributed by atoms with Gasteiger partial charge in [-0.3, -0.25) is 0 Å². The molecule has 0 N–H and O–H groups in total. The van der Waals surface area contributed by atoms with E-state index in [9.17, 15) is 0 Å². The van der Waals surface area contributed by atoms with Crippen LogP contribution in [-0.4, -0.2) is 63.9 Å². The van der Waals surface area contributed by atoms with Crippen molar-refractivity contribution in [3.63, 3.8) is 0 Å². The van der Waals surface area contributed by atoms with Gasteiger partial charge in [-0.05, 0) is 25.7 Å². The summed E-state index contributed by atoms with van der Waals surface area (Å²) in [5, 5.41) is 0. The van der Waals surface area contributed by atoms with Crippen LogP contribution >= 0.6 is 0 Å². The Morgan fingerprint density at radius 2 is 2.00 bits per heavy atom. The molecule has 0 saturated carbocycles. The highest BCUT2D eigenvalue weighted by Crippen LogP contribution is 2.34. The van der Waals surface area contributed by atoms with E-state index in [0.717, 1.165) is 38.7 Å². The minimum Gasteiger partial charge on any atom is -0.376 e. The molecular formula is C16H28O6. The van der Waals surface area contributed by atoms with Gasteiger partial charge < -0.3 is 28.4 Å². The quantitative estimate of drug-likeness (QED) is 0.668. The molecule has 0 aromatic carbocycles. The number of unbranched alkanes of at least 4 members (excludes halogenated alkanes) is 1. The molecular weight excluding hydrogens is 288 g/mol. The Morgan fingerprint density at radius 1 is 1.09 bits per heavy atom. The highest BCUT2D eigenvalue weighted by molar-refractivity contribution is 4.96. The number of fused-ring (bicyclic) bond motifs is 2. The maximum absolute atomic E-state index is 6.17. The van der Waals surface area contributed by atoms with Crippen LogP contribution in [0.15, 0.2) is 0 Å². The van der Waals surface area contributed by atoms with Crippen LogP contribution in [0.5, 0.6) is 0 Å². The molecule has 3 aliphatic heterocycles. The van der Waals surface area contributed by atoms with Gasteiger partial charge in [-0.25, -0.2) is 0 Å². The average molecular weight is 316 g/mol. The van der Waals surface area contributed by atoms with E-state index in [1.807, 2.05) is 0 Å². The molecule has 6 atom stereocenters. The summed E-state index contributed by atoms with van der Waals surface area (Å²) in [5.74, 6) is 0. The van der Waals surface area contributed by atoms with Crippen molar-refractivity contribution in [3.8, 4) is 0 Å². The Bertz CT molecular complexity index is 333. The highest BCUT2D eigenvalue weighted by Gasteiger charge is 2.53. The van der Waals surface area contributed by atoms with Crippen molar-refractivity contribution >= 4 is 0 Å². The Morgan fingerprint density at radius 3 is 2.73 bits per heavy atom. The molecule has 128 valence electrons. The van der Waals surface area contributed by atoms with E-state index >= 15 is 0 Å². The van der Waals surface area contributed by atoms with Crippen LogP contribution in [0.1, 0.15) is 39.0 Å². The molecule has 0 amide bonds. The smallest absolute Gasteiger partial charge is 0.187 e. The van der Waals surface area contributed by atoms with Crippen molar-refractivity contribution in [2.75, 3.05) is 26.9 Å². The van der Waals surface area contributed by atoms with Crippen LogP contribution in [0.2, 0.25) is 0 Å². The van der Waals surface area contributed by atoms with E-state index in [1.54, 1.807) is 7.11 Å². The van der Waals surface area contributed by atoms with Crippen molar-refractivity contribution in [1.29, 1.82) is 0 Å². The lowest BCUT2D eigenvalue weighted by Gasteiger charge is -2.41. The van der Waals surface area contributed by atoms with Crippen molar-refractivity contribution in [3.05, 3.63) is 0 Å². The van der Waals surface area contributed by atoms with E-state index in [0.29, 0.717) is 13.2 Å². The van der Waals surface area contributed by atoms with E-state index < -0.39 is 0 Å². The molecule has 3 rings (SSSR count). The molecule has 2 bridgehead atoms. The second-order valence-corrected chi connectivity index (χ2v) is 6.16. The summed E-state index contributed by atoms with van der Waals surface area (Å²) in [6.45, 7) is 4.11. The van der Waals surface area contributed by atoms with E-state index in [4.69, 9.17) is 28.4 Å². The predicted octanol–water partition coefficient (Wildman–Crippen LogP) is 1.85. The Hall–Kier alpha value is -0.240. The van der Waals surface area contributed by atoms with E-state index in [1.165, 1.54) is 0 Å². The normalized spacial score (nSPS) is 41.7. The van der Waals surface area contributed by atoms with Gasteiger partial charge in [-0.15, -0.1) is 0 Å². The van der Waals surface area contributed by atoms with Crippen LogP contribution in [0, 0.1) is 0 Å². The molecule has 0 radical (unpaired) electrons. The van der Waals surface area contributed by atoms with Crippen molar-refractivity contribution in [2.24, 2.45) is 0 Å². The number of hydrogen-bond donors (Lipinski definition) is 0. The van der Waals surface area contributed by atoms with Crippen molar-refractivity contribution in [1.82, 2.24) is 0 Å². The van der Waals surface area contributed by atoms with Gasteiger partial charge in [0.25, 0.3) is 0 Å². The first kappa shape index (κ1) is 16.6. The van der Waals surface area contributed by atoms with Gasteiger partial charge in [-0.2, -0.15) is 0 Å². The van der Waals surface area contributed by atoms with Crippen LogP contribution in [-0.2, 0) is 28.4 Å². The monoisotopic (exact) mass is 316 g/mol. The van der Waals surface area contributed by atoms with Gasteiger partial charge in [0.05, 0.1) is 6.61 Å². The SMILES string of the molecule is CCCCO[C@H]1[C@@H]2OC[C@@H](O2)[C@@H](OC2CCCCO2)[C@@H]1OC. The van der Waals surface area contributed by atoms with Gasteiger partial charge in [0.2, 0.25) is 0 Å². The van der Waals surface area contributed by atoms with E-state index in [2.05, 4.69) is 6.92 Å². The molecule has 0 spiro atoms. The van der Waals surface area contributed by atoms with Gasteiger partial charge >= 0.3 is 0 Å². The Balaban J connectivity index is 1.64. The number of hydrogen-bond acceptors (Lipinski definition) is 6. The van der Waals surface area contributed by atoms with Crippen molar-refractivity contribution in [2.45, 2.75) is 76.0 Å². The predicted molar refractivity (Wildman–Crippen MR) is 78.5 cm³/mol. The van der Waals surface area contributed by atoms with E-state index in [-0.39, 0.29) is 37.0 Å². The molecule has 6 heteroatoms. The zero-order chi connectivity index (χ0) is 15.4. The third-order valence-corrected chi connectivity index (χ3v) is 4.54. The zero-order valence-electron chi connectivity index (χ0n) is 13.6. The molecule has 3 heterocycles. The molecule has 0 aliphatic carbocycles. The summed E-state index contributed by atoms with van der Waals surface area (Å²) in [5.41, 5.74) is 0. The lowest BCUT2D eigenvalue weighted by Crippen LogP contribution is -2.57. The molecule has 0 aromatic rings. The minimum absolute atomic E-state index is 0.105. The number of rotatable bonds is 7. The molecule has 3 fully saturated rings. The molecule has 3 saturated heterocycles. The maximum atomic E-state index is 6.17. The fourth-order valence-corrected chi connectivity index (χ4v) is 3.30. The summed E-state index contributed by atoms with van der Waals surface area (Å²) < 4.78 is 35.2. The summed E-state index contributed by atoms with van der Waals surface area (Å²) >= 11 is 0. The summed E-state index contributed by atoms with van der Waals surface area (Å²) in [7, 11) is 1.70. The van der Waals surface area contributed by atoms with Crippen LogP contribution < -0.4 is 0 Å². The lowest BCUT2D eigenvalue weighted by molar-refractivity contribution is -0.290. The first-order valence-electron chi connectivity index (χ1n) is 8.52. The third-order valence-electron chi connectivity index (χ3n) is 4.54. The van der Waals surface area contributed by atoms with Gasteiger partial charge in [-0.1, -0.05) is 13.3 Å². The highest BCUT2D eigenvalue weighted by atomic mass is 16.8. The second-order valence-electron chi connectivity index (χ2n) is 6.16. The summed E-state index contributed by atoms with van der Waals surface area (Å²) in [6.07, 6.45) is 4.00. The Kier molecular flexibility index (Phi) is 6.07. The van der Waals surface area contributed by atoms with Crippen LogP contribution in [0.4, 0.5) is 0 Å². The molecule has 6 nitrogen and oxygen atoms in total. The van der Waals surface area contributed by atoms with Gasteiger partial charge in [0, 0.05) is 20.3 Å². The maximum Gasteiger partial charge on any atom is 0.187 e. The minimum atomic E-state index is -0.348. The van der Waals surface area contributed by atoms with Crippen LogP contribution in [0.25, 0.3) is 0 Å². The number of methoxy groups -OCH3 is 1. The number of ether oxygens (including phenoxy) is 6. The lowest BCUT2D eigenvalue weighted by atomic mass is 10.00. The molecule has 3 aliphatic rings. The summed E-state index contributed by atoms with van der Waals surface area (Å²) in [6, 6.07) is 0. The first-order chi connectivity index (χ1) is 10.8. The average Bonchev–Trinajstić information content (AvgIpc) is 2.98. The zero-order valence-corrected chi connectivity index (χ0v) is 13.6. The summed E-state index contributed by atoms with van der Waals surface area (Å²) in [4.78, 5) is 0. The topological polar surface area (TPSA) is 55.4 Å². The third kappa shape index (κ3) is 3.63. The standard InChI is InChI=1S/C16H28O6/c1-3-4-8-19-15-14(17-2)13(11-10-20-16(15)21-11)22-12-7-5-6-9-18-12/h11-16H,3-10H2,1-2H3/t11-,12?,13-,14+,15-,16-/m1/s1. The molecule has 0 aromatic heterocycles. The Labute approximate surface area is 132 Å². The van der Waals surface area contributed by atoms with Crippen molar-refractivity contribution < 1.29 is 28.4 Å². The van der Waals surface area contributed by atoms with Crippen LogP contribution in [0.3, 0.4) is 0 Å². The first-order valence-corrected chi connectivity index (χ1v) is 8.52. The second kappa shape index (κ2) is 8.04. The molecule has 1 unspecified atom stereocenters.